The highest BCUT2D eigenvalue weighted by molar-refractivity contribution is 5.93. The van der Waals surface area contributed by atoms with Crippen molar-refractivity contribution in [2.45, 2.75) is 0 Å². The molecule has 0 saturated carbocycles. The van der Waals surface area contributed by atoms with Crippen LogP contribution >= 0.6 is 0 Å². The monoisotopic (exact) mass is 338 g/mol. The fraction of sp³-hybridized carbons (Fsp3) is 0.294. The van der Waals surface area contributed by atoms with Gasteiger partial charge in [0.25, 0.3) is 11.5 Å². The number of amides is 1. The standard InChI is InChI=1S/C17H18N6O2/c1-20-7-9-21(10-8-20)16(24)14-12-19-15-4-6-22(23(15)17(14)25)13-3-2-5-18-11-13/h2-6,11-12H,7-10H2,1H3. The van der Waals surface area contributed by atoms with Gasteiger partial charge >= 0.3 is 0 Å². The van der Waals surface area contributed by atoms with E-state index in [0.29, 0.717) is 18.7 Å². The van der Waals surface area contributed by atoms with Crippen LogP contribution in [0.15, 0.2) is 47.8 Å². The first-order valence-corrected chi connectivity index (χ1v) is 8.13. The first-order chi connectivity index (χ1) is 12.1. The summed E-state index contributed by atoms with van der Waals surface area (Å²) in [6.07, 6.45) is 6.44. The molecule has 0 radical (unpaired) electrons. The van der Waals surface area contributed by atoms with Gasteiger partial charge in [-0.25, -0.2) is 4.98 Å². The summed E-state index contributed by atoms with van der Waals surface area (Å²) in [6, 6.07) is 5.37. The van der Waals surface area contributed by atoms with E-state index in [1.807, 2.05) is 13.1 Å². The molecule has 8 heteroatoms. The number of hydrogen-bond donors (Lipinski definition) is 0. The number of likely N-dealkylation sites (N-methyl/N-ethyl adjacent to an activating group) is 1. The van der Waals surface area contributed by atoms with Crippen molar-refractivity contribution < 1.29 is 4.79 Å². The molecule has 4 heterocycles. The van der Waals surface area contributed by atoms with Crippen LogP contribution in [0.3, 0.4) is 0 Å². The molecule has 8 nitrogen and oxygen atoms in total. The van der Waals surface area contributed by atoms with E-state index >= 15 is 0 Å². The molecule has 1 aliphatic heterocycles. The van der Waals surface area contributed by atoms with E-state index in [-0.39, 0.29) is 17.0 Å². The fourth-order valence-electron chi connectivity index (χ4n) is 3.00. The third-order valence-electron chi connectivity index (χ3n) is 4.48. The summed E-state index contributed by atoms with van der Waals surface area (Å²) in [4.78, 5) is 38.0. The van der Waals surface area contributed by atoms with E-state index in [2.05, 4.69) is 14.9 Å². The van der Waals surface area contributed by atoms with Crippen molar-refractivity contribution >= 4 is 11.6 Å². The zero-order valence-corrected chi connectivity index (χ0v) is 13.9. The molecule has 0 atom stereocenters. The highest BCUT2D eigenvalue weighted by atomic mass is 16.2. The molecule has 0 spiro atoms. The van der Waals surface area contributed by atoms with E-state index in [0.717, 1.165) is 18.8 Å². The number of pyridine rings is 1. The van der Waals surface area contributed by atoms with Crippen molar-refractivity contribution in [3.05, 3.63) is 58.9 Å². The third kappa shape index (κ3) is 2.70. The second kappa shape index (κ2) is 6.14. The minimum atomic E-state index is -0.372. The van der Waals surface area contributed by atoms with Crippen molar-refractivity contribution in [1.82, 2.24) is 29.0 Å². The largest absolute Gasteiger partial charge is 0.336 e. The zero-order valence-electron chi connectivity index (χ0n) is 13.9. The van der Waals surface area contributed by atoms with Crippen LogP contribution in [0.5, 0.6) is 0 Å². The maximum atomic E-state index is 13.0. The van der Waals surface area contributed by atoms with E-state index < -0.39 is 0 Å². The van der Waals surface area contributed by atoms with Crippen LogP contribution in [0.4, 0.5) is 0 Å². The molecule has 0 aliphatic carbocycles. The Bertz CT molecular complexity index is 970. The Morgan fingerprint density at radius 2 is 1.92 bits per heavy atom. The summed E-state index contributed by atoms with van der Waals surface area (Å²) in [5.41, 5.74) is 0.933. The first-order valence-electron chi connectivity index (χ1n) is 8.13. The van der Waals surface area contributed by atoms with Gasteiger partial charge in [-0.3, -0.25) is 19.3 Å². The minimum absolute atomic E-state index is 0.0888. The number of piperazine rings is 1. The summed E-state index contributed by atoms with van der Waals surface area (Å²) in [7, 11) is 2.02. The molecule has 0 aromatic carbocycles. The van der Waals surface area contributed by atoms with Gasteiger partial charge in [-0.05, 0) is 19.2 Å². The predicted octanol–water partition coefficient (Wildman–Crippen LogP) is 0.268. The molecule has 1 saturated heterocycles. The molecular formula is C17H18N6O2. The number of aromatic nitrogens is 4. The molecule has 0 bridgehead atoms. The van der Waals surface area contributed by atoms with Crippen molar-refractivity contribution in [3.8, 4) is 5.69 Å². The minimum Gasteiger partial charge on any atom is -0.336 e. The topological polar surface area (TPSA) is 75.7 Å². The maximum Gasteiger partial charge on any atom is 0.286 e. The van der Waals surface area contributed by atoms with Gasteiger partial charge in [0.15, 0.2) is 5.65 Å². The Hall–Kier alpha value is -3.00. The summed E-state index contributed by atoms with van der Waals surface area (Å²) in [5.74, 6) is -0.265. The molecule has 3 aromatic heterocycles. The lowest BCUT2D eigenvalue weighted by molar-refractivity contribution is 0.0661. The van der Waals surface area contributed by atoms with Crippen molar-refractivity contribution in [2.75, 3.05) is 33.2 Å². The fourth-order valence-corrected chi connectivity index (χ4v) is 3.00. The van der Waals surface area contributed by atoms with Crippen LogP contribution in [0.2, 0.25) is 0 Å². The van der Waals surface area contributed by atoms with Crippen LogP contribution in [0, 0.1) is 0 Å². The Morgan fingerprint density at radius 1 is 1.12 bits per heavy atom. The number of fused-ring (bicyclic) bond motifs is 1. The summed E-state index contributed by atoms with van der Waals surface area (Å²) < 4.78 is 3.05. The number of hydrogen-bond acceptors (Lipinski definition) is 5. The van der Waals surface area contributed by atoms with Crippen molar-refractivity contribution in [2.24, 2.45) is 0 Å². The Balaban J connectivity index is 1.77. The second-order valence-electron chi connectivity index (χ2n) is 6.11. The van der Waals surface area contributed by atoms with Crippen molar-refractivity contribution in [1.29, 1.82) is 0 Å². The van der Waals surface area contributed by atoms with Crippen LogP contribution < -0.4 is 5.56 Å². The van der Waals surface area contributed by atoms with Gasteiger partial charge in [0.2, 0.25) is 0 Å². The van der Waals surface area contributed by atoms with E-state index in [1.54, 1.807) is 40.3 Å². The number of nitrogens with zero attached hydrogens (tertiary/aromatic N) is 6. The molecular weight excluding hydrogens is 320 g/mol. The summed E-state index contributed by atoms with van der Waals surface area (Å²) in [5, 5.41) is 0. The summed E-state index contributed by atoms with van der Waals surface area (Å²) in [6.45, 7) is 2.83. The molecule has 0 unspecified atom stereocenters. The van der Waals surface area contributed by atoms with Gasteiger partial charge in [-0.2, -0.15) is 4.52 Å². The number of carbonyl (C=O) groups is 1. The highest BCUT2D eigenvalue weighted by Gasteiger charge is 2.24. The Morgan fingerprint density at radius 3 is 2.64 bits per heavy atom. The van der Waals surface area contributed by atoms with E-state index in [4.69, 9.17) is 0 Å². The van der Waals surface area contributed by atoms with E-state index in [9.17, 15) is 9.59 Å². The lowest BCUT2D eigenvalue weighted by atomic mass is 10.2. The smallest absolute Gasteiger partial charge is 0.286 e. The maximum absolute atomic E-state index is 13.0. The lowest BCUT2D eigenvalue weighted by Crippen LogP contribution is -2.48. The van der Waals surface area contributed by atoms with Crippen molar-refractivity contribution in [3.63, 3.8) is 0 Å². The van der Waals surface area contributed by atoms with Crippen LogP contribution in [0.1, 0.15) is 10.4 Å². The van der Waals surface area contributed by atoms with Crippen LogP contribution in [-0.2, 0) is 0 Å². The third-order valence-corrected chi connectivity index (χ3v) is 4.48. The predicted molar refractivity (Wildman–Crippen MR) is 92.0 cm³/mol. The van der Waals surface area contributed by atoms with Gasteiger partial charge < -0.3 is 9.80 Å². The molecule has 4 rings (SSSR count). The molecule has 1 amide bonds. The molecule has 0 N–H and O–H groups in total. The zero-order chi connectivity index (χ0) is 17.4. The average Bonchev–Trinajstić information content (AvgIpc) is 3.08. The quantitative estimate of drug-likeness (QED) is 0.670. The normalized spacial score (nSPS) is 15.6. The highest BCUT2D eigenvalue weighted by Crippen LogP contribution is 2.10. The average molecular weight is 338 g/mol. The Kier molecular flexibility index (Phi) is 3.81. The Labute approximate surface area is 143 Å². The van der Waals surface area contributed by atoms with Gasteiger partial charge in [-0.1, -0.05) is 0 Å². The van der Waals surface area contributed by atoms with E-state index in [1.165, 1.54) is 10.7 Å². The van der Waals surface area contributed by atoms with Crippen LogP contribution in [-0.4, -0.2) is 68.1 Å². The molecule has 1 fully saturated rings. The molecule has 3 aromatic rings. The van der Waals surface area contributed by atoms with Gasteiger partial charge in [-0.15, -0.1) is 0 Å². The second-order valence-corrected chi connectivity index (χ2v) is 6.11. The molecule has 128 valence electrons. The molecule has 25 heavy (non-hydrogen) atoms. The SMILES string of the molecule is CN1CCN(C(=O)c2cnc3ccn(-c4cccnc4)n3c2=O)CC1. The lowest BCUT2D eigenvalue weighted by Gasteiger charge is -2.32. The first kappa shape index (κ1) is 15.5. The van der Waals surface area contributed by atoms with Gasteiger partial charge in [0.1, 0.15) is 5.56 Å². The molecule has 1 aliphatic rings. The number of carbonyl (C=O) groups excluding carboxylic acids is 1. The number of rotatable bonds is 2. The van der Waals surface area contributed by atoms with Gasteiger partial charge in [0.05, 0.1) is 11.9 Å². The summed E-state index contributed by atoms with van der Waals surface area (Å²) >= 11 is 0. The van der Waals surface area contributed by atoms with Crippen LogP contribution in [0.25, 0.3) is 11.3 Å². The van der Waals surface area contributed by atoms with Gasteiger partial charge in [0, 0.05) is 50.8 Å².